The van der Waals surface area contributed by atoms with Gasteiger partial charge in [-0.3, -0.25) is 0 Å². The van der Waals surface area contributed by atoms with Gasteiger partial charge in [-0.1, -0.05) is 50.2 Å². The molecule has 2 amide bonds. The number of hydrogen-bond acceptors (Lipinski definition) is 3. The maximum absolute atomic E-state index is 12.4. The molecule has 2 aromatic carbocycles. The number of fused-ring (bicyclic) bond motifs is 1. The number of carbonyl (C=O) groups excluding carboxylic acids is 1. The molecule has 0 saturated carbocycles. The van der Waals surface area contributed by atoms with Crippen LogP contribution in [0.4, 0.5) is 4.79 Å². The van der Waals surface area contributed by atoms with Gasteiger partial charge in [0.05, 0.1) is 19.3 Å². The monoisotopic (exact) mass is 354 g/mol. The van der Waals surface area contributed by atoms with Gasteiger partial charge in [0.2, 0.25) is 0 Å². The topological polar surface area (TPSA) is 59.6 Å². The zero-order valence-electron chi connectivity index (χ0n) is 15.3. The van der Waals surface area contributed by atoms with Gasteiger partial charge < -0.3 is 20.1 Å². The highest BCUT2D eigenvalue weighted by atomic mass is 16.5. The minimum absolute atomic E-state index is 0.108. The van der Waals surface area contributed by atoms with E-state index in [1.54, 1.807) is 0 Å². The number of ether oxygens (including phenoxy) is 2. The van der Waals surface area contributed by atoms with Crippen LogP contribution in [0.25, 0.3) is 0 Å². The van der Waals surface area contributed by atoms with Gasteiger partial charge in [0.15, 0.2) is 11.5 Å². The van der Waals surface area contributed by atoms with Gasteiger partial charge in [-0.2, -0.15) is 0 Å². The highest BCUT2D eigenvalue weighted by Crippen LogP contribution is 2.34. The lowest BCUT2D eigenvalue weighted by atomic mass is 9.96. The number of benzene rings is 2. The average molecular weight is 354 g/mol. The second-order valence-electron chi connectivity index (χ2n) is 6.79. The molecule has 1 unspecified atom stereocenters. The van der Waals surface area contributed by atoms with E-state index in [4.69, 9.17) is 9.47 Å². The third-order valence-electron chi connectivity index (χ3n) is 4.38. The summed E-state index contributed by atoms with van der Waals surface area (Å²) < 4.78 is 11.5. The van der Waals surface area contributed by atoms with Crippen LogP contribution >= 0.6 is 0 Å². The maximum Gasteiger partial charge on any atom is 0.315 e. The van der Waals surface area contributed by atoms with Gasteiger partial charge in [0.25, 0.3) is 0 Å². The minimum Gasteiger partial charge on any atom is -0.490 e. The number of amides is 2. The van der Waals surface area contributed by atoms with Crippen LogP contribution in [0.3, 0.4) is 0 Å². The minimum atomic E-state index is -0.181. The smallest absolute Gasteiger partial charge is 0.315 e. The van der Waals surface area contributed by atoms with E-state index < -0.39 is 0 Å². The molecule has 0 spiro atoms. The van der Waals surface area contributed by atoms with E-state index in [1.165, 1.54) is 0 Å². The van der Waals surface area contributed by atoms with E-state index in [1.807, 2.05) is 48.5 Å². The molecule has 0 fully saturated rings. The molecule has 0 aromatic heterocycles. The van der Waals surface area contributed by atoms with E-state index in [0.717, 1.165) is 29.0 Å². The Balaban J connectivity index is 1.67. The summed E-state index contributed by atoms with van der Waals surface area (Å²) in [7, 11) is 0. The fourth-order valence-corrected chi connectivity index (χ4v) is 2.98. The average Bonchev–Trinajstić information content (AvgIpc) is 2.90. The summed E-state index contributed by atoms with van der Waals surface area (Å²) in [4.78, 5) is 12.4. The Morgan fingerprint density at radius 2 is 1.77 bits per heavy atom. The molecule has 0 bridgehead atoms. The summed E-state index contributed by atoms with van der Waals surface area (Å²) in [6.07, 6.45) is 0.873. The zero-order valence-corrected chi connectivity index (χ0v) is 15.3. The maximum atomic E-state index is 12.4. The fraction of sp³-hybridized carbons (Fsp3) is 0.381. The van der Waals surface area contributed by atoms with Crippen LogP contribution in [0.1, 0.15) is 37.4 Å². The molecule has 2 aromatic rings. The van der Waals surface area contributed by atoms with Crippen LogP contribution in [0.2, 0.25) is 0 Å². The third kappa shape index (κ3) is 4.69. The number of rotatable bonds is 5. The summed E-state index contributed by atoms with van der Waals surface area (Å²) in [5.41, 5.74) is 2.08. The standard InChI is InChI=1S/C21H26N2O3/c1-15(2)20(23-21(24)22-14-16-7-4-3-5-8-16)17-9-10-18-19(13-17)26-12-6-11-25-18/h3-5,7-10,13,15,20H,6,11-12,14H2,1-2H3,(H2,22,23,24). The van der Waals surface area contributed by atoms with Crippen molar-refractivity contribution < 1.29 is 14.3 Å². The first-order valence-electron chi connectivity index (χ1n) is 9.11. The molecule has 1 atom stereocenters. The SMILES string of the molecule is CC(C)C(NC(=O)NCc1ccccc1)c1ccc2c(c1)OCCCO2. The Bertz CT molecular complexity index is 731. The van der Waals surface area contributed by atoms with Gasteiger partial charge in [0, 0.05) is 13.0 Å². The predicted molar refractivity (Wildman–Crippen MR) is 101 cm³/mol. The second kappa shape index (κ2) is 8.61. The van der Waals surface area contributed by atoms with Crippen molar-refractivity contribution in [1.82, 2.24) is 10.6 Å². The molecular weight excluding hydrogens is 328 g/mol. The Labute approximate surface area is 154 Å². The van der Waals surface area contributed by atoms with Crippen molar-refractivity contribution in [1.29, 1.82) is 0 Å². The Morgan fingerprint density at radius 1 is 1.04 bits per heavy atom. The molecule has 0 saturated heterocycles. The molecule has 5 nitrogen and oxygen atoms in total. The molecule has 26 heavy (non-hydrogen) atoms. The molecule has 1 aliphatic heterocycles. The molecule has 2 N–H and O–H groups in total. The van der Waals surface area contributed by atoms with Crippen LogP contribution in [-0.2, 0) is 6.54 Å². The highest BCUT2D eigenvalue weighted by molar-refractivity contribution is 5.74. The van der Waals surface area contributed by atoms with Crippen LogP contribution in [-0.4, -0.2) is 19.2 Å². The second-order valence-corrected chi connectivity index (χ2v) is 6.79. The lowest BCUT2D eigenvalue weighted by Gasteiger charge is -2.24. The summed E-state index contributed by atoms with van der Waals surface area (Å²) in [6, 6.07) is 15.5. The number of hydrogen-bond donors (Lipinski definition) is 2. The number of urea groups is 1. The van der Waals surface area contributed by atoms with Crippen molar-refractivity contribution in [3.63, 3.8) is 0 Å². The first-order chi connectivity index (χ1) is 12.6. The van der Waals surface area contributed by atoms with Gasteiger partial charge in [-0.25, -0.2) is 4.79 Å². The quantitative estimate of drug-likeness (QED) is 0.852. The van der Waals surface area contributed by atoms with Gasteiger partial charge >= 0.3 is 6.03 Å². The van der Waals surface area contributed by atoms with Crippen molar-refractivity contribution in [2.75, 3.05) is 13.2 Å². The van der Waals surface area contributed by atoms with Crippen molar-refractivity contribution in [2.45, 2.75) is 32.9 Å². The Morgan fingerprint density at radius 3 is 2.50 bits per heavy atom. The van der Waals surface area contributed by atoms with Crippen molar-refractivity contribution in [2.24, 2.45) is 5.92 Å². The molecule has 0 aliphatic carbocycles. The molecular formula is C21H26N2O3. The first-order valence-corrected chi connectivity index (χ1v) is 9.11. The van der Waals surface area contributed by atoms with E-state index in [-0.39, 0.29) is 18.0 Å². The normalized spacial score (nSPS) is 14.4. The van der Waals surface area contributed by atoms with Gasteiger partial charge in [-0.05, 0) is 29.2 Å². The van der Waals surface area contributed by atoms with Crippen LogP contribution in [0.15, 0.2) is 48.5 Å². The molecule has 3 rings (SSSR count). The first kappa shape index (κ1) is 18.1. The van der Waals surface area contributed by atoms with E-state index in [2.05, 4.69) is 24.5 Å². The lowest BCUT2D eigenvalue weighted by molar-refractivity contribution is 0.232. The molecule has 138 valence electrons. The third-order valence-corrected chi connectivity index (χ3v) is 4.38. The molecule has 0 radical (unpaired) electrons. The lowest BCUT2D eigenvalue weighted by Crippen LogP contribution is -2.39. The van der Waals surface area contributed by atoms with Crippen LogP contribution in [0, 0.1) is 5.92 Å². The van der Waals surface area contributed by atoms with E-state index in [0.29, 0.717) is 19.8 Å². The summed E-state index contributed by atoms with van der Waals surface area (Å²) in [6.45, 7) is 5.99. The van der Waals surface area contributed by atoms with Crippen LogP contribution in [0.5, 0.6) is 11.5 Å². The molecule has 1 heterocycles. The summed E-state index contributed by atoms with van der Waals surface area (Å²) in [5.74, 6) is 1.75. The molecule has 1 aliphatic rings. The van der Waals surface area contributed by atoms with Crippen molar-refractivity contribution in [3.8, 4) is 11.5 Å². The largest absolute Gasteiger partial charge is 0.490 e. The molecule has 5 heteroatoms. The Kier molecular flexibility index (Phi) is 6.00. The fourth-order valence-electron chi connectivity index (χ4n) is 2.98. The van der Waals surface area contributed by atoms with Crippen LogP contribution < -0.4 is 20.1 Å². The van der Waals surface area contributed by atoms with Gasteiger partial charge in [-0.15, -0.1) is 0 Å². The predicted octanol–water partition coefficient (Wildman–Crippen LogP) is 4.04. The highest BCUT2D eigenvalue weighted by Gasteiger charge is 2.21. The Hall–Kier alpha value is -2.69. The van der Waals surface area contributed by atoms with Crippen molar-refractivity contribution in [3.05, 3.63) is 59.7 Å². The summed E-state index contributed by atoms with van der Waals surface area (Å²) >= 11 is 0. The van der Waals surface area contributed by atoms with Gasteiger partial charge in [0.1, 0.15) is 0 Å². The zero-order chi connectivity index (χ0) is 18.4. The van der Waals surface area contributed by atoms with Crippen molar-refractivity contribution >= 4 is 6.03 Å². The van der Waals surface area contributed by atoms with E-state index >= 15 is 0 Å². The summed E-state index contributed by atoms with van der Waals surface area (Å²) in [5, 5.41) is 6.00. The number of carbonyl (C=O) groups is 1. The van der Waals surface area contributed by atoms with E-state index in [9.17, 15) is 4.79 Å². The number of nitrogens with one attached hydrogen (secondary N) is 2.